The monoisotopic (exact) mass is 715 g/mol. The van der Waals surface area contributed by atoms with Gasteiger partial charge in [-0.15, -0.1) is 0 Å². The summed E-state index contributed by atoms with van der Waals surface area (Å²) in [5.41, 5.74) is -1.92. The van der Waals surface area contributed by atoms with E-state index in [9.17, 15) is 24.5 Å². The fourth-order valence-electron chi connectivity index (χ4n) is 5.75. The van der Waals surface area contributed by atoms with Gasteiger partial charge in [-0.05, 0) is 32.4 Å². The molecule has 2 saturated heterocycles. The largest absolute Gasteiger partial charge is 0.387 e. The van der Waals surface area contributed by atoms with Crippen molar-refractivity contribution in [2.75, 3.05) is 42.6 Å². The van der Waals surface area contributed by atoms with Gasteiger partial charge in [0.1, 0.15) is 23.0 Å². The Bertz CT molecular complexity index is 1690. The summed E-state index contributed by atoms with van der Waals surface area (Å²) in [7, 11) is 1.68. The lowest BCUT2D eigenvalue weighted by Gasteiger charge is -2.39. The number of nitro benzene ring substituents is 1. The van der Waals surface area contributed by atoms with E-state index in [1.165, 1.54) is 35.5 Å². The SMILES string of the molecule is CNc1cncc(C(=O)N2CCCC2(Nc2c(C(=O)N3C[C@@H](C)O[C@@H](C)C3)cc(Br)cc2[N+](=O)[O-])C(=O)Nc2cc(Cl)ncn2)c1. The Hall–Kier alpha value is -4.41. The van der Waals surface area contributed by atoms with Crippen molar-refractivity contribution in [1.29, 1.82) is 0 Å². The number of carbonyl (C=O) groups excluding carboxylic acids is 3. The number of hydrogen-bond donors (Lipinski definition) is 3. The van der Waals surface area contributed by atoms with Crippen LogP contribution in [-0.4, -0.2) is 91.9 Å². The molecule has 3 N–H and O–H groups in total. The normalized spacial score (nSPS) is 21.1. The lowest BCUT2D eigenvalue weighted by atomic mass is 10.0. The van der Waals surface area contributed by atoms with Crippen molar-refractivity contribution < 1.29 is 24.0 Å². The first kappa shape index (κ1) is 33.0. The van der Waals surface area contributed by atoms with Gasteiger partial charge in [-0.25, -0.2) is 9.97 Å². The second kappa shape index (κ2) is 13.5. The number of hydrogen-bond acceptors (Lipinski definition) is 11. The maximum atomic E-state index is 14.3. The van der Waals surface area contributed by atoms with E-state index in [0.29, 0.717) is 12.1 Å². The standard InChI is InChI=1S/C29H31BrClN9O6/c1-16-13-38(14-17(2)46-16)27(42)21-8-19(30)9-22(40(44)45)25(21)37-29(28(43)36-24-10-23(31)34-15-35-24)5-4-6-39(29)26(41)18-7-20(32-3)12-33-11-18/h7-12,15-17,32,37H,4-6,13-14H2,1-3H3,(H,34,35,36,43)/t16-,17+,29?. The Kier molecular flexibility index (Phi) is 9.69. The van der Waals surface area contributed by atoms with E-state index in [0.717, 1.165) is 6.33 Å². The van der Waals surface area contributed by atoms with Gasteiger partial charge in [0, 0.05) is 62.1 Å². The molecule has 17 heteroatoms. The van der Waals surface area contributed by atoms with Crippen LogP contribution in [0, 0.1) is 10.1 Å². The number of nitrogens with zero attached hydrogens (tertiary/aromatic N) is 6. The lowest BCUT2D eigenvalue weighted by Crippen LogP contribution is -2.61. The number of pyridine rings is 1. The Morgan fingerprint density at radius 1 is 1.11 bits per heavy atom. The number of likely N-dealkylation sites (tertiary alicyclic amines) is 1. The second-order valence-electron chi connectivity index (χ2n) is 11.0. The summed E-state index contributed by atoms with van der Waals surface area (Å²) in [6.45, 7) is 4.28. The number of rotatable bonds is 8. The van der Waals surface area contributed by atoms with Crippen molar-refractivity contribution >= 4 is 68.1 Å². The first-order chi connectivity index (χ1) is 21.9. The minimum atomic E-state index is -1.91. The molecule has 0 aliphatic carbocycles. The van der Waals surface area contributed by atoms with Crippen molar-refractivity contribution in [3.63, 3.8) is 0 Å². The molecule has 1 unspecified atom stereocenters. The predicted octanol–water partition coefficient (Wildman–Crippen LogP) is 4.17. The van der Waals surface area contributed by atoms with Crippen LogP contribution in [0.25, 0.3) is 0 Å². The summed E-state index contributed by atoms with van der Waals surface area (Å²) in [6, 6.07) is 5.60. The number of anilines is 3. The maximum Gasteiger partial charge on any atom is 0.294 e. The first-order valence-corrected chi connectivity index (χ1v) is 15.5. The second-order valence-corrected chi connectivity index (χ2v) is 12.3. The van der Waals surface area contributed by atoms with Gasteiger partial charge in [0.05, 0.1) is 33.9 Å². The molecule has 1 aromatic carbocycles. The number of amides is 3. The van der Waals surface area contributed by atoms with E-state index in [1.54, 1.807) is 18.0 Å². The fraction of sp³-hybridized carbons (Fsp3) is 0.379. The van der Waals surface area contributed by atoms with Gasteiger partial charge in [0.15, 0.2) is 5.66 Å². The average Bonchev–Trinajstić information content (AvgIpc) is 3.45. The zero-order valence-corrected chi connectivity index (χ0v) is 27.5. The molecule has 3 atom stereocenters. The highest BCUT2D eigenvalue weighted by Gasteiger charge is 2.52. The summed E-state index contributed by atoms with van der Waals surface area (Å²) < 4.78 is 6.07. The molecule has 0 bridgehead atoms. The van der Waals surface area contributed by atoms with Crippen LogP contribution in [0.5, 0.6) is 0 Å². The number of nitrogens with one attached hydrogen (secondary N) is 3. The van der Waals surface area contributed by atoms with E-state index >= 15 is 0 Å². The topological polar surface area (TPSA) is 185 Å². The quantitative estimate of drug-likeness (QED) is 0.173. The van der Waals surface area contributed by atoms with E-state index in [4.69, 9.17) is 16.3 Å². The molecule has 4 heterocycles. The van der Waals surface area contributed by atoms with E-state index in [2.05, 4.69) is 46.8 Å². The summed E-state index contributed by atoms with van der Waals surface area (Å²) in [5.74, 6) is -1.78. The van der Waals surface area contributed by atoms with Crippen molar-refractivity contribution in [2.45, 2.75) is 44.6 Å². The number of morpholine rings is 1. The third-order valence-corrected chi connectivity index (χ3v) is 8.36. The number of halogens is 2. The highest BCUT2D eigenvalue weighted by Crippen LogP contribution is 2.40. The number of carbonyl (C=O) groups is 3. The Balaban J connectivity index is 1.65. The van der Waals surface area contributed by atoms with Crippen LogP contribution < -0.4 is 16.0 Å². The van der Waals surface area contributed by atoms with Crippen LogP contribution in [-0.2, 0) is 9.53 Å². The third kappa shape index (κ3) is 6.73. The summed E-state index contributed by atoms with van der Waals surface area (Å²) in [4.78, 5) is 69.2. The predicted molar refractivity (Wildman–Crippen MR) is 173 cm³/mol. The first-order valence-electron chi connectivity index (χ1n) is 14.4. The van der Waals surface area contributed by atoms with Gasteiger partial charge < -0.3 is 30.5 Å². The van der Waals surface area contributed by atoms with Crippen LogP contribution in [0.2, 0.25) is 5.15 Å². The number of aromatic nitrogens is 3. The molecular weight excluding hydrogens is 686 g/mol. The molecule has 2 aromatic heterocycles. The highest BCUT2D eigenvalue weighted by molar-refractivity contribution is 9.10. The Labute approximate surface area is 277 Å². The van der Waals surface area contributed by atoms with Crippen LogP contribution in [0.4, 0.5) is 22.9 Å². The zero-order chi connectivity index (χ0) is 33.2. The molecule has 3 aromatic rings. The molecule has 46 heavy (non-hydrogen) atoms. The molecule has 5 rings (SSSR count). The molecule has 15 nitrogen and oxygen atoms in total. The van der Waals surface area contributed by atoms with E-state index in [-0.39, 0.29) is 70.5 Å². The summed E-state index contributed by atoms with van der Waals surface area (Å²) in [6.07, 6.45) is 3.91. The zero-order valence-electron chi connectivity index (χ0n) is 25.1. The molecule has 3 amide bonds. The van der Waals surface area contributed by atoms with Gasteiger partial charge in [-0.1, -0.05) is 27.5 Å². The van der Waals surface area contributed by atoms with Gasteiger partial charge in [0.25, 0.3) is 23.4 Å². The van der Waals surface area contributed by atoms with Crippen molar-refractivity contribution in [3.05, 3.63) is 73.9 Å². The molecule has 0 spiro atoms. The smallest absolute Gasteiger partial charge is 0.294 e. The Morgan fingerprint density at radius 2 is 1.85 bits per heavy atom. The van der Waals surface area contributed by atoms with Crippen LogP contribution in [0.1, 0.15) is 47.4 Å². The molecular formula is C29H31BrClN9O6. The highest BCUT2D eigenvalue weighted by atomic mass is 79.9. The number of nitro groups is 1. The summed E-state index contributed by atoms with van der Waals surface area (Å²) >= 11 is 9.34. The summed E-state index contributed by atoms with van der Waals surface area (Å²) in [5, 5.41) is 21.2. The van der Waals surface area contributed by atoms with Crippen molar-refractivity contribution in [3.8, 4) is 0 Å². The minimum absolute atomic E-state index is 0.0367. The van der Waals surface area contributed by atoms with Crippen LogP contribution >= 0.6 is 27.5 Å². The van der Waals surface area contributed by atoms with Crippen LogP contribution in [0.15, 0.2) is 47.5 Å². The maximum absolute atomic E-state index is 14.3. The van der Waals surface area contributed by atoms with Crippen molar-refractivity contribution in [1.82, 2.24) is 24.8 Å². The fourth-order valence-corrected chi connectivity index (χ4v) is 6.34. The molecule has 242 valence electrons. The number of benzene rings is 1. The van der Waals surface area contributed by atoms with Crippen LogP contribution in [0.3, 0.4) is 0 Å². The molecule has 2 fully saturated rings. The van der Waals surface area contributed by atoms with Gasteiger partial charge in [-0.2, -0.15) is 0 Å². The van der Waals surface area contributed by atoms with Gasteiger partial charge in [0.2, 0.25) is 0 Å². The minimum Gasteiger partial charge on any atom is -0.387 e. The molecule has 2 aliphatic rings. The van der Waals surface area contributed by atoms with Gasteiger partial charge >= 0.3 is 0 Å². The van der Waals surface area contributed by atoms with E-state index in [1.807, 2.05) is 13.8 Å². The van der Waals surface area contributed by atoms with Gasteiger partial charge in [-0.3, -0.25) is 29.5 Å². The molecule has 0 radical (unpaired) electrons. The lowest BCUT2D eigenvalue weighted by molar-refractivity contribution is -0.384. The molecule has 0 saturated carbocycles. The average molecular weight is 717 g/mol. The number of ether oxygens (including phenoxy) is 1. The van der Waals surface area contributed by atoms with E-state index < -0.39 is 34.0 Å². The third-order valence-electron chi connectivity index (χ3n) is 7.70. The Morgan fingerprint density at radius 3 is 2.52 bits per heavy atom. The van der Waals surface area contributed by atoms with Crippen molar-refractivity contribution in [2.24, 2.45) is 0 Å². The molecule has 2 aliphatic heterocycles.